The number of hydrogen-bond donors (Lipinski definition) is 0. The SMILES string of the molecule is COc1ccnc(C(=O)C[C@@H](C)C(=O)O[C@@H](C2CCCC2)[C@H](C)Oc2ccccc2)c1OCOC(C)=O. The molecule has 3 atom stereocenters. The first kappa shape index (κ1) is 28.0. The molecule has 37 heavy (non-hydrogen) atoms. The Bertz CT molecular complexity index is 1050. The van der Waals surface area contributed by atoms with E-state index in [0.717, 1.165) is 25.7 Å². The van der Waals surface area contributed by atoms with Crippen LogP contribution in [0.1, 0.15) is 63.4 Å². The van der Waals surface area contributed by atoms with Crippen molar-refractivity contribution < 1.29 is 38.1 Å². The molecule has 1 aliphatic carbocycles. The Kier molecular flexibility index (Phi) is 10.3. The molecule has 3 rings (SSSR count). The Morgan fingerprint density at radius 1 is 1.05 bits per heavy atom. The van der Waals surface area contributed by atoms with E-state index in [9.17, 15) is 14.4 Å². The third kappa shape index (κ3) is 7.93. The quantitative estimate of drug-likeness (QED) is 0.212. The van der Waals surface area contributed by atoms with Gasteiger partial charge in [-0.1, -0.05) is 38.0 Å². The number of carbonyl (C=O) groups excluding carboxylic acids is 3. The number of methoxy groups -OCH3 is 1. The highest BCUT2D eigenvalue weighted by Crippen LogP contribution is 2.34. The van der Waals surface area contributed by atoms with E-state index in [0.29, 0.717) is 5.75 Å². The first-order chi connectivity index (χ1) is 17.8. The van der Waals surface area contributed by atoms with Crippen molar-refractivity contribution in [1.82, 2.24) is 4.98 Å². The van der Waals surface area contributed by atoms with E-state index in [2.05, 4.69) is 4.98 Å². The van der Waals surface area contributed by atoms with Crippen LogP contribution in [0.4, 0.5) is 0 Å². The van der Waals surface area contributed by atoms with Gasteiger partial charge in [0.2, 0.25) is 6.79 Å². The highest BCUT2D eigenvalue weighted by molar-refractivity contribution is 5.99. The van der Waals surface area contributed by atoms with Gasteiger partial charge in [0.05, 0.1) is 13.0 Å². The lowest BCUT2D eigenvalue weighted by atomic mass is 9.96. The van der Waals surface area contributed by atoms with Crippen LogP contribution >= 0.6 is 0 Å². The molecule has 0 radical (unpaired) electrons. The number of para-hydroxylation sites is 1. The zero-order chi connectivity index (χ0) is 26.8. The summed E-state index contributed by atoms with van der Waals surface area (Å²) in [4.78, 5) is 41.5. The van der Waals surface area contributed by atoms with Crippen LogP contribution in [-0.4, -0.2) is 48.8 Å². The van der Waals surface area contributed by atoms with Gasteiger partial charge in [0, 0.05) is 25.6 Å². The van der Waals surface area contributed by atoms with Crippen LogP contribution in [0, 0.1) is 11.8 Å². The standard InChI is InChI=1S/C28H35NO8/c1-18(16-23(31)25-27(35-17-34-20(3)30)24(33-4)14-15-29-25)28(32)37-26(21-10-8-9-11-21)19(2)36-22-12-6-5-7-13-22/h5-7,12-15,18-19,21,26H,8-11,16-17H2,1-4H3/t18-,19+,26-/m1/s1. The van der Waals surface area contributed by atoms with Crippen LogP contribution < -0.4 is 14.2 Å². The Balaban J connectivity index is 1.68. The van der Waals surface area contributed by atoms with Crippen molar-refractivity contribution in [3.05, 3.63) is 48.3 Å². The lowest BCUT2D eigenvalue weighted by Gasteiger charge is -2.30. The zero-order valence-electron chi connectivity index (χ0n) is 21.8. The number of Topliss-reactive ketones (excluding diaryl/α,β-unsaturated/α-hetero) is 1. The molecule has 9 heteroatoms. The molecular weight excluding hydrogens is 478 g/mol. The molecule has 200 valence electrons. The molecule has 1 aromatic heterocycles. The topological polar surface area (TPSA) is 110 Å². The summed E-state index contributed by atoms with van der Waals surface area (Å²) in [7, 11) is 1.42. The van der Waals surface area contributed by atoms with E-state index >= 15 is 0 Å². The Hall–Kier alpha value is -3.62. The van der Waals surface area contributed by atoms with E-state index in [1.807, 2.05) is 37.3 Å². The van der Waals surface area contributed by atoms with Gasteiger partial charge >= 0.3 is 11.9 Å². The Morgan fingerprint density at radius 2 is 1.76 bits per heavy atom. The number of ketones is 1. The monoisotopic (exact) mass is 513 g/mol. The smallest absolute Gasteiger partial charge is 0.309 e. The van der Waals surface area contributed by atoms with Gasteiger partial charge in [-0.25, -0.2) is 4.98 Å². The fourth-order valence-corrected chi connectivity index (χ4v) is 4.45. The summed E-state index contributed by atoms with van der Waals surface area (Å²) in [6.07, 6.45) is 4.59. The minimum atomic E-state index is -0.727. The summed E-state index contributed by atoms with van der Waals surface area (Å²) in [6, 6.07) is 11.0. The van der Waals surface area contributed by atoms with E-state index in [-0.39, 0.29) is 35.6 Å². The second-order valence-electron chi connectivity index (χ2n) is 9.20. The van der Waals surface area contributed by atoms with Crippen molar-refractivity contribution in [2.75, 3.05) is 13.9 Å². The maximum atomic E-state index is 13.1. The van der Waals surface area contributed by atoms with Gasteiger partial charge in [-0.15, -0.1) is 0 Å². The highest BCUT2D eigenvalue weighted by Gasteiger charge is 2.35. The summed E-state index contributed by atoms with van der Waals surface area (Å²) >= 11 is 0. The number of aromatic nitrogens is 1. The fraction of sp³-hybridized carbons (Fsp3) is 0.500. The molecule has 1 saturated carbocycles. The van der Waals surface area contributed by atoms with Crippen molar-refractivity contribution >= 4 is 17.7 Å². The van der Waals surface area contributed by atoms with Gasteiger partial charge in [-0.05, 0) is 37.8 Å². The van der Waals surface area contributed by atoms with E-state index in [4.69, 9.17) is 23.7 Å². The summed E-state index contributed by atoms with van der Waals surface area (Å²) in [6.45, 7) is 4.39. The maximum absolute atomic E-state index is 13.1. The first-order valence-corrected chi connectivity index (χ1v) is 12.5. The number of carbonyl (C=O) groups is 3. The predicted molar refractivity (Wildman–Crippen MR) is 135 cm³/mol. The molecule has 0 spiro atoms. The third-order valence-electron chi connectivity index (χ3n) is 6.36. The summed E-state index contributed by atoms with van der Waals surface area (Å²) in [5.41, 5.74) is -0.0146. The lowest BCUT2D eigenvalue weighted by molar-refractivity contribution is -0.161. The summed E-state index contributed by atoms with van der Waals surface area (Å²) in [5, 5.41) is 0. The lowest BCUT2D eigenvalue weighted by Crippen LogP contribution is -2.40. The number of pyridine rings is 1. The number of benzene rings is 1. The average molecular weight is 514 g/mol. The molecule has 2 aromatic rings. The normalized spacial score (nSPS) is 15.8. The minimum absolute atomic E-state index is 0.0146. The molecule has 1 aliphatic rings. The number of nitrogens with zero attached hydrogens (tertiary/aromatic N) is 1. The van der Waals surface area contributed by atoms with Crippen LogP contribution in [-0.2, 0) is 19.1 Å². The number of ether oxygens (including phenoxy) is 5. The third-order valence-corrected chi connectivity index (χ3v) is 6.36. The van der Waals surface area contributed by atoms with Gasteiger partial charge in [0.25, 0.3) is 0 Å². The van der Waals surface area contributed by atoms with E-state index < -0.39 is 36.5 Å². The van der Waals surface area contributed by atoms with Gasteiger partial charge in [0.15, 0.2) is 23.0 Å². The Labute approximate surface area is 217 Å². The minimum Gasteiger partial charge on any atom is -0.493 e. The van der Waals surface area contributed by atoms with E-state index in [1.165, 1.54) is 26.3 Å². The van der Waals surface area contributed by atoms with Crippen molar-refractivity contribution in [1.29, 1.82) is 0 Å². The Morgan fingerprint density at radius 3 is 2.41 bits per heavy atom. The summed E-state index contributed by atoms with van der Waals surface area (Å²) in [5.74, 6) is -0.941. The van der Waals surface area contributed by atoms with Gasteiger partial charge in [-0.3, -0.25) is 14.4 Å². The van der Waals surface area contributed by atoms with Crippen LogP contribution in [0.2, 0.25) is 0 Å². The molecule has 0 N–H and O–H groups in total. The fourth-order valence-electron chi connectivity index (χ4n) is 4.45. The molecule has 1 heterocycles. The predicted octanol–water partition coefficient (Wildman–Crippen LogP) is 4.77. The van der Waals surface area contributed by atoms with Crippen LogP contribution in [0.5, 0.6) is 17.2 Å². The van der Waals surface area contributed by atoms with Crippen molar-refractivity contribution in [3.63, 3.8) is 0 Å². The molecule has 0 aliphatic heterocycles. The van der Waals surface area contributed by atoms with Gasteiger partial charge in [0.1, 0.15) is 18.0 Å². The molecule has 0 amide bonds. The molecule has 0 unspecified atom stereocenters. The molecule has 1 fully saturated rings. The van der Waals surface area contributed by atoms with Crippen LogP contribution in [0.25, 0.3) is 0 Å². The van der Waals surface area contributed by atoms with Crippen molar-refractivity contribution in [2.45, 2.75) is 65.1 Å². The van der Waals surface area contributed by atoms with Crippen LogP contribution in [0.15, 0.2) is 42.6 Å². The molecule has 1 aromatic carbocycles. The molecule has 0 bridgehead atoms. The van der Waals surface area contributed by atoms with Crippen molar-refractivity contribution in [2.24, 2.45) is 11.8 Å². The number of rotatable bonds is 13. The number of esters is 2. The van der Waals surface area contributed by atoms with Gasteiger partial charge in [-0.2, -0.15) is 0 Å². The maximum Gasteiger partial charge on any atom is 0.309 e. The second-order valence-corrected chi connectivity index (χ2v) is 9.20. The molecular formula is C28H35NO8. The highest BCUT2D eigenvalue weighted by atomic mass is 16.7. The van der Waals surface area contributed by atoms with E-state index in [1.54, 1.807) is 6.92 Å². The largest absolute Gasteiger partial charge is 0.493 e. The number of hydrogen-bond acceptors (Lipinski definition) is 9. The zero-order valence-corrected chi connectivity index (χ0v) is 21.8. The average Bonchev–Trinajstić information content (AvgIpc) is 3.42. The van der Waals surface area contributed by atoms with Crippen molar-refractivity contribution in [3.8, 4) is 17.2 Å². The molecule has 0 saturated heterocycles. The van der Waals surface area contributed by atoms with Crippen LogP contribution in [0.3, 0.4) is 0 Å². The first-order valence-electron chi connectivity index (χ1n) is 12.5. The van der Waals surface area contributed by atoms with Gasteiger partial charge < -0.3 is 23.7 Å². The summed E-state index contributed by atoms with van der Waals surface area (Å²) < 4.78 is 27.6. The molecule has 9 nitrogen and oxygen atoms in total. The second kappa shape index (κ2) is 13.6.